The highest BCUT2D eigenvalue weighted by atomic mass is 16.5. The number of rotatable bonds is 3. The largest absolute Gasteiger partial charge is 0.467 e. The van der Waals surface area contributed by atoms with Gasteiger partial charge >= 0.3 is 12.1 Å². The fourth-order valence-corrected chi connectivity index (χ4v) is 1.96. The van der Waals surface area contributed by atoms with Crippen molar-refractivity contribution in [2.24, 2.45) is 0 Å². The van der Waals surface area contributed by atoms with Gasteiger partial charge in [0.2, 0.25) is 5.91 Å². The summed E-state index contributed by atoms with van der Waals surface area (Å²) in [6.45, 7) is 2.04. The van der Waals surface area contributed by atoms with E-state index in [9.17, 15) is 14.4 Å². The van der Waals surface area contributed by atoms with Crippen LogP contribution in [0.25, 0.3) is 0 Å². The molecule has 1 aliphatic heterocycles. The van der Waals surface area contributed by atoms with Gasteiger partial charge in [0.25, 0.3) is 0 Å². The topological polar surface area (TPSA) is 84.9 Å². The summed E-state index contributed by atoms with van der Waals surface area (Å²) in [5.41, 5.74) is 0. The van der Waals surface area contributed by atoms with Crippen LogP contribution >= 0.6 is 0 Å². The molecule has 2 atom stereocenters. The number of carbonyl (C=O) groups excluding carboxylic acids is 3. The Bertz CT molecular complexity index is 344. The molecule has 7 heteroatoms. The molecule has 0 radical (unpaired) electrons. The first-order valence-electron chi connectivity index (χ1n) is 5.74. The van der Waals surface area contributed by atoms with Gasteiger partial charge in [0.1, 0.15) is 12.1 Å². The Morgan fingerprint density at radius 2 is 1.94 bits per heavy atom. The molecule has 18 heavy (non-hydrogen) atoms. The van der Waals surface area contributed by atoms with Crippen LogP contribution in [0.5, 0.6) is 0 Å². The second-order valence-corrected chi connectivity index (χ2v) is 4.07. The van der Waals surface area contributed by atoms with Crippen molar-refractivity contribution < 1.29 is 23.9 Å². The number of amides is 2. The van der Waals surface area contributed by atoms with E-state index in [1.807, 2.05) is 0 Å². The summed E-state index contributed by atoms with van der Waals surface area (Å²) >= 11 is 0. The smallest absolute Gasteiger partial charge is 0.407 e. The molecule has 0 aromatic carbocycles. The third-order valence-corrected chi connectivity index (χ3v) is 2.90. The maximum absolute atomic E-state index is 12.1. The standard InChI is InChI=1S/C11H18N2O5/c1-7(12-11(16)18-3)9(14)13-6-4-5-8(13)10(15)17-2/h7-8H,4-6H2,1-3H3,(H,12,16)/t7-,8-/m0/s1. The molecule has 0 spiro atoms. The third kappa shape index (κ3) is 3.12. The Balaban J connectivity index is 2.65. The second-order valence-electron chi connectivity index (χ2n) is 4.07. The highest BCUT2D eigenvalue weighted by Crippen LogP contribution is 2.19. The molecule has 0 saturated carbocycles. The number of carbonyl (C=O) groups is 3. The average molecular weight is 258 g/mol. The van der Waals surface area contributed by atoms with Gasteiger partial charge in [0, 0.05) is 6.54 Å². The average Bonchev–Trinajstić information content (AvgIpc) is 2.85. The maximum atomic E-state index is 12.1. The Hall–Kier alpha value is -1.79. The van der Waals surface area contributed by atoms with Crippen LogP contribution in [-0.4, -0.2) is 55.7 Å². The van der Waals surface area contributed by atoms with Crippen LogP contribution in [0.4, 0.5) is 4.79 Å². The minimum atomic E-state index is -0.734. The summed E-state index contributed by atoms with van der Waals surface area (Å²) in [5, 5.41) is 2.38. The predicted octanol–water partition coefficient (Wildman–Crippen LogP) is -0.105. The number of likely N-dealkylation sites (tertiary alicyclic amines) is 1. The highest BCUT2D eigenvalue weighted by molar-refractivity contribution is 5.89. The first-order valence-corrected chi connectivity index (χ1v) is 5.74. The van der Waals surface area contributed by atoms with Crippen molar-refractivity contribution in [3.63, 3.8) is 0 Å². The summed E-state index contributed by atoms with van der Waals surface area (Å²) in [7, 11) is 2.51. The molecule has 0 unspecified atom stereocenters. The molecule has 1 rings (SSSR count). The van der Waals surface area contributed by atoms with Gasteiger partial charge in [-0.05, 0) is 19.8 Å². The zero-order chi connectivity index (χ0) is 13.7. The monoisotopic (exact) mass is 258 g/mol. The van der Waals surface area contributed by atoms with Crippen LogP contribution in [0.15, 0.2) is 0 Å². The molecule has 1 N–H and O–H groups in total. The molecule has 0 aliphatic carbocycles. The predicted molar refractivity (Wildman–Crippen MR) is 61.8 cm³/mol. The Labute approximate surface area is 105 Å². The minimum absolute atomic E-state index is 0.312. The van der Waals surface area contributed by atoms with E-state index >= 15 is 0 Å². The van der Waals surface area contributed by atoms with E-state index in [0.717, 1.165) is 6.42 Å². The molecule has 0 bridgehead atoms. The van der Waals surface area contributed by atoms with Crippen molar-refractivity contribution in [1.29, 1.82) is 0 Å². The van der Waals surface area contributed by atoms with Crippen LogP contribution in [0.1, 0.15) is 19.8 Å². The van der Waals surface area contributed by atoms with Gasteiger partial charge in [-0.1, -0.05) is 0 Å². The first-order chi connectivity index (χ1) is 8.51. The van der Waals surface area contributed by atoms with Crippen LogP contribution in [0.3, 0.4) is 0 Å². The van der Waals surface area contributed by atoms with Crippen molar-refractivity contribution in [2.75, 3.05) is 20.8 Å². The SMILES string of the molecule is COC(=O)N[C@@H](C)C(=O)N1CCC[C@H]1C(=O)OC. The van der Waals surface area contributed by atoms with E-state index in [1.54, 1.807) is 6.92 Å². The van der Waals surface area contributed by atoms with Gasteiger partial charge in [-0.25, -0.2) is 9.59 Å². The Kier molecular flexibility index (Phi) is 4.94. The highest BCUT2D eigenvalue weighted by Gasteiger charge is 2.36. The quantitative estimate of drug-likeness (QED) is 0.714. The van der Waals surface area contributed by atoms with E-state index in [4.69, 9.17) is 0 Å². The lowest BCUT2D eigenvalue weighted by Gasteiger charge is -2.25. The molecular weight excluding hydrogens is 240 g/mol. The van der Waals surface area contributed by atoms with Crippen LogP contribution in [0, 0.1) is 0 Å². The van der Waals surface area contributed by atoms with Crippen molar-refractivity contribution in [1.82, 2.24) is 10.2 Å². The summed E-state index contributed by atoms with van der Waals surface area (Å²) < 4.78 is 9.07. The van der Waals surface area contributed by atoms with E-state index in [2.05, 4.69) is 14.8 Å². The summed E-state index contributed by atoms with van der Waals surface area (Å²) in [5.74, 6) is -0.737. The van der Waals surface area contributed by atoms with Gasteiger partial charge in [-0.2, -0.15) is 0 Å². The molecule has 0 aromatic rings. The van der Waals surface area contributed by atoms with Gasteiger partial charge in [0.05, 0.1) is 14.2 Å². The van der Waals surface area contributed by atoms with Crippen LogP contribution in [0.2, 0.25) is 0 Å². The molecular formula is C11H18N2O5. The zero-order valence-electron chi connectivity index (χ0n) is 10.8. The fraction of sp³-hybridized carbons (Fsp3) is 0.727. The van der Waals surface area contributed by atoms with Gasteiger partial charge in [0.15, 0.2) is 0 Å². The van der Waals surface area contributed by atoms with Gasteiger partial charge in [-0.3, -0.25) is 4.79 Å². The van der Waals surface area contributed by atoms with Crippen molar-refractivity contribution in [2.45, 2.75) is 31.8 Å². The lowest BCUT2D eigenvalue weighted by atomic mass is 10.2. The number of methoxy groups -OCH3 is 2. The number of ether oxygens (including phenoxy) is 2. The van der Waals surface area contributed by atoms with Crippen molar-refractivity contribution in [3.8, 4) is 0 Å². The summed E-state index contributed by atoms with van der Waals surface area (Å²) in [6.07, 6.45) is 0.657. The number of nitrogens with one attached hydrogen (secondary N) is 1. The summed E-state index contributed by atoms with van der Waals surface area (Å²) in [4.78, 5) is 36.0. The molecule has 2 amide bonds. The third-order valence-electron chi connectivity index (χ3n) is 2.90. The number of nitrogens with zero attached hydrogens (tertiary/aromatic N) is 1. The number of hydrogen-bond donors (Lipinski definition) is 1. The van der Waals surface area contributed by atoms with Crippen LogP contribution < -0.4 is 5.32 Å². The molecule has 1 saturated heterocycles. The van der Waals surface area contributed by atoms with E-state index in [1.165, 1.54) is 19.1 Å². The normalized spacial score (nSPS) is 20.2. The molecule has 1 aliphatic rings. The minimum Gasteiger partial charge on any atom is -0.467 e. The number of hydrogen-bond acceptors (Lipinski definition) is 5. The van der Waals surface area contributed by atoms with E-state index in [0.29, 0.717) is 13.0 Å². The fourth-order valence-electron chi connectivity index (χ4n) is 1.96. The van der Waals surface area contributed by atoms with Crippen molar-refractivity contribution >= 4 is 18.0 Å². The van der Waals surface area contributed by atoms with Crippen molar-refractivity contribution in [3.05, 3.63) is 0 Å². The lowest BCUT2D eigenvalue weighted by molar-refractivity contribution is -0.151. The number of esters is 1. The second kappa shape index (κ2) is 6.23. The van der Waals surface area contributed by atoms with E-state index < -0.39 is 24.1 Å². The summed E-state index contributed by atoms with van der Waals surface area (Å²) in [6, 6.07) is -1.29. The molecule has 7 nitrogen and oxygen atoms in total. The number of alkyl carbamates (subject to hydrolysis) is 1. The molecule has 102 valence electrons. The Morgan fingerprint density at radius 3 is 2.50 bits per heavy atom. The zero-order valence-corrected chi connectivity index (χ0v) is 10.8. The van der Waals surface area contributed by atoms with Gasteiger partial charge in [-0.15, -0.1) is 0 Å². The van der Waals surface area contributed by atoms with Crippen LogP contribution in [-0.2, 0) is 19.1 Å². The Morgan fingerprint density at radius 1 is 1.28 bits per heavy atom. The first kappa shape index (κ1) is 14.3. The molecule has 1 heterocycles. The lowest BCUT2D eigenvalue weighted by Crippen LogP contribution is -2.50. The molecule has 0 aromatic heterocycles. The van der Waals surface area contributed by atoms with E-state index in [-0.39, 0.29) is 5.91 Å². The molecule has 1 fully saturated rings. The maximum Gasteiger partial charge on any atom is 0.407 e. The van der Waals surface area contributed by atoms with Gasteiger partial charge < -0.3 is 19.7 Å².